The van der Waals surface area contributed by atoms with Crippen LogP contribution in [-0.4, -0.2) is 17.7 Å². The van der Waals surface area contributed by atoms with Crippen molar-refractivity contribution in [3.8, 4) is 0 Å². The first kappa shape index (κ1) is 12.6. The quantitative estimate of drug-likeness (QED) is 0.699. The zero-order valence-electron chi connectivity index (χ0n) is 7.84. The Kier molecular flexibility index (Phi) is 8.62. The van der Waals surface area contributed by atoms with Gasteiger partial charge in [-0.1, -0.05) is 32.6 Å². The Balaban J connectivity index is 0.00000121. The highest BCUT2D eigenvalue weighted by molar-refractivity contribution is 8.00. The van der Waals surface area contributed by atoms with Gasteiger partial charge in [0.2, 0.25) is 0 Å². The maximum atomic E-state index is 3.50. The summed E-state index contributed by atoms with van der Waals surface area (Å²) >= 11 is 2.09. The largest absolute Gasteiger partial charge is 0.305 e. The topological polar surface area (TPSA) is 12.0 Å². The second-order valence-electron chi connectivity index (χ2n) is 3.16. The van der Waals surface area contributed by atoms with Crippen LogP contribution in [0, 0.1) is 0 Å². The Morgan fingerprint density at radius 3 is 2.75 bits per heavy atom. The van der Waals surface area contributed by atoms with E-state index in [2.05, 4.69) is 24.0 Å². The first-order valence-electron chi connectivity index (χ1n) is 4.78. The van der Waals surface area contributed by atoms with Crippen LogP contribution in [0.25, 0.3) is 0 Å². The van der Waals surface area contributed by atoms with Crippen LogP contribution in [0.15, 0.2) is 0 Å². The minimum absolute atomic E-state index is 0. The molecule has 0 aromatic heterocycles. The summed E-state index contributed by atoms with van der Waals surface area (Å²) in [6.07, 6.45) is 6.99. The zero-order chi connectivity index (χ0) is 7.94. The van der Waals surface area contributed by atoms with Crippen LogP contribution < -0.4 is 5.32 Å². The van der Waals surface area contributed by atoms with Gasteiger partial charge < -0.3 is 5.32 Å². The maximum Gasteiger partial charge on any atom is 0.0532 e. The van der Waals surface area contributed by atoms with Crippen LogP contribution in [-0.2, 0) is 0 Å². The fourth-order valence-electron chi connectivity index (χ4n) is 1.42. The molecule has 3 heteroatoms. The molecular formula is C9H20ClNS. The third-order valence-corrected chi connectivity index (χ3v) is 3.36. The number of nitrogens with one attached hydrogen (secondary N) is 1. The van der Waals surface area contributed by atoms with E-state index in [1.165, 1.54) is 44.4 Å². The van der Waals surface area contributed by atoms with Crippen LogP contribution in [0.5, 0.6) is 0 Å². The number of thioether (sulfide) groups is 1. The molecule has 0 aromatic carbocycles. The highest BCUT2D eigenvalue weighted by atomic mass is 35.5. The van der Waals surface area contributed by atoms with Crippen molar-refractivity contribution in [2.24, 2.45) is 0 Å². The molecule has 74 valence electrons. The van der Waals surface area contributed by atoms with Crippen LogP contribution in [0.4, 0.5) is 0 Å². The van der Waals surface area contributed by atoms with Crippen LogP contribution >= 0.6 is 24.2 Å². The van der Waals surface area contributed by atoms with Gasteiger partial charge >= 0.3 is 0 Å². The molecule has 1 heterocycles. The standard InChI is InChI=1S/C9H19NS.ClH/c1-2-3-4-5-6-9-10-7-8-11-9;/h9-10H,2-8H2,1H3;1H. The molecule has 1 atom stereocenters. The van der Waals surface area contributed by atoms with Gasteiger partial charge in [-0.25, -0.2) is 0 Å². The molecule has 1 saturated heterocycles. The number of hydrogen-bond acceptors (Lipinski definition) is 2. The second-order valence-corrected chi connectivity index (χ2v) is 4.47. The molecule has 1 aliphatic rings. The Morgan fingerprint density at radius 2 is 2.17 bits per heavy atom. The molecule has 1 N–H and O–H groups in total. The van der Waals surface area contributed by atoms with E-state index < -0.39 is 0 Å². The van der Waals surface area contributed by atoms with Crippen LogP contribution in [0.3, 0.4) is 0 Å². The Labute approximate surface area is 86.5 Å². The van der Waals surface area contributed by atoms with E-state index in [0.29, 0.717) is 0 Å². The van der Waals surface area contributed by atoms with E-state index in [9.17, 15) is 0 Å². The molecule has 1 rings (SSSR count). The lowest BCUT2D eigenvalue weighted by Gasteiger charge is -2.07. The van der Waals surface area contributed by atoms with E-state index in [0.717, 1.165) is 5.37 Å². The summed E-state index contributed by atoms with van der Waals surface area (Å²) in [5, 5.41) is 4.28. The van der Waals surface area contributed by atoms with Gasteiger partial charge in [-0.15, -0.1) is 24.2 Å². The smallest absolute Gasteiger partial charge is 0.0532 e. The molecule has 1 unspecified atom stereocenters. The van der Waals surface area contributed by atoms with E-state index in [1.54, 1.807) is 0 Å². The number of rotatable bonds is 5. The summed E-state index contributed by atoms with van der Waals surface area (Å²) in [6, 6.07) is 0. The van der Waals surface area contributed by atoms with Gasteiger partial charge in [-0.3, -0.25) is 0 Å². The van der Waals surface area contributed by atoms with E-state index in [4.69, 9.17) is 0 Å². The highest BCUT2D eigenvalue weighted by Crippen LogP contribution is 2.19. The summed E-state index contributed by atoms with van der Waals surface area (Å²) in [7, 11) is 0. The van der Waals surface area contributed by atoms with Gasteiger partial charge in [0.05, 0.1) is 5.37 Å². The number of unbranched alkanes of at least 4 members (excludes halogenated alkanes) is 3. The van der Waals surface area contributed by atoms with Gasteiger partial charge in [0, 0.05) is 12.3 Å². The predicted molar refractivity (Wildman–Crippen MR) is 60.3 cm³/mol. The van der Waals surface area contributed by atoms with Crippen molar-refractivity contribution >= 4 is 24.2 Å². The lowest BCUT2D eigenvalue weighted by atomic mass is 10.1. The van der Waals surface area contributed by atoms with Crippen molar-refractivity contribution in [3.63, 3.8) is 0 Å². The molecule has 1 nitrogen and oxygen atoms in total. The average molecular weight is 210 g/mol. The average Bonchev–Trinajstić information content (AvgIpc) is 2.50. The van der Waals surface area contributed by atoms with Crippen molar-refractivity contribution < 1.29 is 0 Å². The molecule has 1 fully saturated rings. The molecule has 12 heavy (non-hydrogen) atoms. The molecule has 0 aliphatic carbocycles. The first-order valence-corrected chi connectivity index (χ1v) is 5.83. The summed E-state index contributed by atoms with van der Waals surface area (Å²) < 4.78 is 0. The minimum Gasteiger partial charge on any atom is -0.305 e. The van der Waals surface area contributed by atoms with Crippen molar-refractivity contribution in [2.75, 3.05) is 12.3 Å². The first-order chi connectivity index (χ1) is 5.43. The number of halogens is 1. The lowest BCUT2D eigenvalue weighted by Crippen LogP contribution is -2.18. The molecule has 0 bridgehead atoms. The Morgan fingerprint density at radius 1 is 1.33 bits per heavy atom. The predicted octanol–water partition coefficient (Wildman–Crippen LogP) is 3.04. The Bertz CT molecular complexity index is 94.5. The monoisotopic (exact) mass is 209 g/mol. The Hall–Kier alpha value is 0.600. The fourth-order valence-corrected chi connectivity index (χ4v) is 2.51. The van der Waals surface area contributed by atoms with Gasteiger partial charge in [0.25, 0.3) is 0 Å². The fraction of sp³-hybridized carbons (Fsp3) is 1.00. The molecule has 0 radical (unpaired) electrons. The molecule has 0 aromatic rings. The van der Waals surface area contributed by atoms with Gasteiger partial charge in [0.15, 0.2) is 0 Å². The van der Waals surface area contributed by atoms with E-state index in [1.807, 2.05) is 0 Å². The van der Waals surface area contributed by atoms with Gasteiger partial charge in [-0.05, 0) is 6.42 Å². The lowest BCUT2D eigenvalue weighted by molar-refractivity contribution is 0.582. The SMILES string of the molecule is CCCCCCC1NCCS1.Cl. The molecule has 1 aliphatic heterocycles. The van der Waals surface area contributed by atoms with Gasteiger partial charge in [-0.2, -0.15) is 0 Å². The van der Waals surface area contributed by atoms with Gasteiger partial charge in [0.1, 0.15) is 0 Å². The normalized spacial score (nSPS) is 22.2. The van der Waals surface area contributed by atoms with Crippen molar-refractivity contribution in [1.82, 2.24) is 5.32 Å². The van der Waals surface area contributed by atoms with Crippen LogP contribution in [0.2, 0.25) is 0 Å². The zero-order valence-corrected chi connectivity index (χ0v) is 9.48. The number of hydrogen-bond donors (Lipinski definition) is 1. The minimum atomic E-state index is 0. The van der Waals surface area contributed by atoms with E-state index >= 15 is 0 Å². The van der Waals surface area contributed by atoms with E-state index in [-0.39, 0.29) is 12.4 Å². The molecule has 0 spiro atoms. The second kappa shape index (κ2) is 8.21. The summed E-state index contributed by atoms with van der Waals surface area (Å²) in [5.41, 5.74) is 0. The summed E-state index contributed by atoms with van der Waals surface area (Å²) in [6.45, 7) is 3.49. The van der Waals surface area contributed by atoms with Crippen molar-refractivity contribution in [1.29, 1.82) is 0 Å². The summed E-state index contributed by atoms with van der Waals surface area (Å²) in [4.78, 5) is 0. The molecule has 0 amide bonds. The van der Waals surface area contributed by atoms with Crippen molar-refractivity contribution in [2.45, 2.75) is 44.4 Å². The third kappa shape index (κ3) is 5.28. The maximum absolute atomic E-state index is 3.50. The third-order valence-electron chi connectivity index (χ3n) is 2.11. The highest BCUT2D eigenvalue weighted by Gasteiger charge is 2.12. The molecule has 0 saturated carbocycles. The molecular weight excluding hydrogens is 190 g/mol. The van der Waals surface area contributed by atoms with Crippen LogP contribution in [0.1, 0.15) is 39.0 Å². The summed E-state index contributed by atoms with van der Waals surface area (Å²) in [5.74, 6) is 1.32. The van der Waals surface area contributed by atoms with Crippen molar-refractivity contribution in [3.05, 3.63) is 0 Å².